The van der Waals surface area contributed by atoms with Crippen molar-refractivity contribution in [1.82, 2.24) is 114 Å². The van der Waals surface area contributed by atoms with E-state index in [9.17, 15) is 58.2 Å². The molecule has 15 amide bonds. The molecule has 56 heteroatoms. The SMILES string of the molecule is CC[C@H](C)[C@H](NC(=O)[C@H](CCC(=O)O)NC(=O)[C@@H](N)CCCNC(=N)N)C(=O)N[C@@H](CCCNC(=N)N)C(=O)N1CCC[C@H]1C(=O)N[C@@H](CCCNC(=N)N)C(=O)N1CCC[C@H]1C(=O)N1CCC[C@H]1C(=O)N[C@@H](CCCNC(=N)N)C(=O)N[C@@H](CC(C)C)C(=O)N1CCC[C@H]1C(=O)N[C@@H](CCCNC(=N)N)C(=O)N1CCC[C@H]1C(=O)N[C@@H](CCCNC(=N)N)C(=O)N1CCC[C@H]1C(=O)N[C@@H](CCCNC(=N)N)C(=O)O. The van der Waals surface area contributed by atoms with E-state index in [4.69, 9.17) is 83.7 Å². The first-order chi connectivity index (χ1) is 68.7. The number of likely N-dealkylation sites (tertiary alicyclic amines) is 6. The molecular weight excluding hydrogens is 1890 g/mol. The average Bonchev–Trinajstić information content (AvgIpc) is 1.66. The maximum atomic E-state index is 15.3. The van der Waals surface area contributed by atoms with E-state index in [1.165, 1.54) is 29.4 Å². The topological polar surface area (TPSA) is 918 Å². The number of carbonyl (C=O) groups excluding carboxylic acids is 15. The highest BCUT2D eigenvalue weighted by Crippen LogP contribution is 2.31. The number of carboxylic acids is 2. The van der Waals surface area contributed by atoms with Crippen LogP contribution in [0.5, 0.6) is 0 Å². The minimum atomic E-state index is -1.51. The Labute approximate surface area is 842 Å². The van der Waals surface area contributed by atoms with Crippen molar-refractivity contribution in [3.05, 3.63) is 0 Å². The van der Waals surface area contributed by atoms with Crippen molar-refractivity contribution in [3.8, 4) is 0 Å². The molecule has 41 N–H and O–H groups in total. The number of hydrogen-bond donors (Lipinski definition) is 33. The standard InChI is InChI=1S/C89H157N37O19/c1-5-49(4)66(120-69(131)52(32-33-65(127)128)112-67(129)50(90)19-6-34-105-83(91)92)75(137)117-56(24-11-39-110-88(101)102)78(140)122-42-14-27-60(122)72(134)116-55(23-10-38-109-87(99)100)79(141)126-46-18-31-64(126)81(143)125-45-17-30-63(125)70(132)113-51(20-7-35-106-84(93)94)68(130)119-58(47-48(2)3)80(142)124-44-16-28-61(124)73(135)115-53(21-8-36-107-85(95)96)76(138)121-41-13-26-59(121)71(133)114-54(22-9-37-108-86(97)98)77(139)123-43-15-29-62(123)74(136)118-57(82(144)145)25-12-40-111-89(103)104/h48-64,66H,5-47,90H2,1-4H3,(H,112,129)(H,113,132)(H,114,133)(H,115,135)(H,116,134)(H,117,137)(H,118,136)(H,119,130)(H,120,131)(H,127,128)(H,144,145)(H4,91,92,105)(H4,93,94,106)(H4,95,96,107)(H4,97,98,108)(H4,99,100,109)(H4,101,102,110)(H4,103,104,111)/t49-,50-,51-,52-,53-,54-,55-,56-,57-,58-,59-,60-,61-,62-,63-,64-,66-/m0/s1. The second-order valence-electron chi connectivity index (χ2n) is 37.9. The molecule has 0 unspecified atom stereocenters. The Hall–Kier alpha value is -14.2. The smallest absolute Gasteiger partial charge is 0.326 e. The average molecular weight is 2050 g/mol. The monoisotopic (exact) mass is 2050 g/mol. The zero-order chi connectivity index (χ0) is 107. The van der Waals surface area contributed by atoms with Gasteiger partial charge in [0.2, 0.25) is 88.6 Å². The van der Waals surface area contributed by atoms with Gasteiger partial charge in [0.1, 0.15) is 90.6 Å². The van der Waals surface area contributed by atoms with Crippen LogP contribution in [-0.4, -0.2) is 364 Å². The van der Waals surface area contributed by atoms with E-state index < -0.39 is 222 Å². The highest BCUT2D eigenvalue weighted by molar-refractivity contribution is 6.02. The maximum Gasteiger partial charge on any atom is 0.326 e. The van der Waals surface area contributed by atoms with Gasteiger partial charge in [-0.25, -0.2) is 4.79 Å². The largest absolute Gasteiger partial charge is 0.481 e. The van der Waals surface area contributed by atoms with E-state index in [1.807, 2.05) is 0 Å². The van der Waals surface area contributed by atoms with E-state index in [0.29, 0.717) is 32.1 Å². The summed E-state index contributed by atoms with van der Waals surface area (Å²) >= 11 is 0. The number of hydrogen-bond acceptors (Lipinski definition) is 25. The molecule has 6 aliphatic rings. The van der Waals surface area contributed by atoms with Crippen molar-refractivity contribution >= 4 is 142 Å². The summed E-state index contributed by atoms with van der Waals surface area (Å²) in [6.07, 6.45) is 2.40. The number of rotatable bonds is 60. The molecule has 6 fully saturated rings. The number of aliphatic carboxylic acids is 2. The molecule has 0 aromatic heterocycles. The van der Waals surface area contributed by atoms with Gasteiger partial charge >= 0.3 is 11.9 Å². The molecule has 0 spiro atoms. The summed E-state index contributed by atoms with van der Waals surface area (Å²) in [7, 11) is 0. The van der Waals surface area contributed by atoms with Gasteiger partial charge in [0.05, 0.1) is 6.04 Å². The fourth-order valence-corrected chi connectivity index (χ4v) is 18.7. The van der Waals surface area contributed by atoms with Gasteiger partial charge in [-0.2, -0.15) is 0 Å². The molecule has 6 rings (SSSR count). The summed E-state index contributed by atoms with van der Waals surface area (Å²) in [5.74, 6) is -17.5. The number of carboxylic acid groups (broad SMARTS) is 2. The van der Waals surface area contributed by atoms with Crippen LogP contribution in [0.2, 0.25) is 0 Å². The molecule has 56 nitrogen and oxygen atoms in total. The van der Waals surface area contributed by atoms with Gasteiger partial charge in [0.15, 0.2) is 41.7 Å². The lowest BCUT2D eigenvalue weighted by molar-refractivity contribution is -0.148. The summed E-state index contributed by atoms with van der Waals surface area (Å²) in [5, 5.41) is 116. The molecule has 17 atom stereocenters. The molecule has 6 heterocycles. The zero-order valence-electron chi connectivity index (χ0n) is 83.4. The van der Waals surface area contributed by atoms with Gasteiger partial charge in [0, 0.05) is 91.5 Å². The highest BCUT2D eigenvalue weighted by Gasteiger charge is 2.49. The van der Waals surface area contributed by atoms with E-state index in [0.717, 1.165) is 0 Å². The van der Waals surface area contributed by atoms with Gasteiger partial charge in [-0.3, -0.25) is 115 Å². The first-order valence-corrected chi connectivity index (χ1v) is 50.1. The molecule has 6 saturated heterocycles. The van der Waals surface area contributed by atoms with E-state index >= 15 is 33.6 Å². The number of guanidine groups is 7. The molecule has 0 aromatic rings. The van der Waals surface area contributed by atoms with Crippen molar-refractivity contribution in [2.45, 2.75) is 317 Å². The summed E-state index contributed by atoms with van der Waals surface area (Å²) in [5.41, 5.74) is 44.9. The van der Waals surface area contributed by atoms with E-state index in [2.05, 4.69) is 85.1 Å². The van der Waals surface area contributed by atoms with Crippen LogP contribution in [-0.2, 0) is 81.5 Å². The van der Waals surface area contributed by atoms with Gasteiger partial charge in [0.25, 0.3) is 0 Å². The fourth-order valence-electron chi connectivity index (χ4n) is 18.7. The molecule has 0 aliphatic carbocycles. The van der Waals surface area contributed by atoms with E-state index in [1.54, 1.807) is 27.7 Å². The van der Waals surface area contributed by atoms with Crippen LogP contribution in [0.1, 0.15) is 220 Å². The van der Waals surface area contributed by atoms with Gasteiger partial charge in [-0.05, 0) is 192 Å². The van der Waals surface area contributed by atoms with Crippen LogP contribution in [0.3, 0.4) is 0 Å². The molecule has 0 saturated carbocycles. The predicted molar refractivity (Wildman–Crippen MR) is 531 cm³/mol. The van der Waals surface area contributed by atoms with Crippen molar-refractivity contribution < 1.29 is 91.7 Å². The predicted octanol–water partition coefficient (Wildman–Crippen LogP) is -8.49. The van der Waals surface area contributed by atoms with Crippen molar-refractivity contribution in [2.24, 2.45) is 57.7 Å². The Morgan fingerprint density at radius 3 is 0.869 bits per heavy atom. The number of nitrogens with one attached hydrogen (secondary N) is 23. The number of carbonyl (C=O) groups is 17. The fraction of sp³-hybridized carbons (Fsp3) is 0.730. The lowest BCUT2D eigenvalue weighted by Gasteiger charge is -2.34. The Kier molecular flexibility index (Phi) is 49.8. The lowest BCUT2D eigenvalue weighted by Crippen LogP contribution is -2.61. The van der Waals surface area contributed by atoms with Crippen LogP contribution in [0.4, 0.5) is 0 Å². The minimum absolute atomic E-state index is 0.00385. The maximum absolute atomic E-state index is 15.3. The molecule has 145 heavy (non-hydrogen) atoms. The normalized spacial score (nSPS) is 19.7. The number of nitrogens with two attached hydrogens (primary N) is 8. The first-order valence-electron chi connectivity index (χ1n) is 50.1. The van der Waals surface area contributed by atoms with Crippen molar-refractivity contribution in [3.63, 3.8) is 0 Å². The summed E-state index contributed by atoms with van der Waals surface area (Å²) in [4.78, 5) is 254. The number of nitrogens with zero attached hydrogens (tertiary/aromatic N) is 6. The number of amides is 15. The molecule has 0 bridgehead atoms. The van der Waals surface area contributed by atoms with Crippen LogP contribution >= 0.6 is 0 Å². The van der Waals surface area contributed by atoms with Crippen molar-refractivity contribution in [2.75, 3.05) is 85.1 Å². The Bertz CT molecular complexity index is 4550. The van der Waals surface area contributed by atoms with Gasteiger partial charge in [-0.15, -0.1) is 0 Å². The van der Waals surface area contributed by atoms with Crippen LogP contribution in [0.25, 0.3) is 0 Å². The second-order valence-corrected chi connectivity index (χ2v) is 37.9. The van der Waals surface area contributed by atoms with Crippen LogP contribution < -0.4 is 131 Å². The molecule has 0 radical (unpaired) electrons. The van der Waals surface area contributed by atoms with Crippen molar-refractivity contribution in [1.29, 1.82) is 37.9 Å². The van der Waals surface area contributed by atoms with Crippen LogP contribution in [0, 0.1) is 49.7 Å². The van der Waals surface area contributed by atoms with Gasteiger partial charge in [-0.1, -0.05) is 34.1 Å². The van der Waals surface area contributed by atoms with E-state index in [-0.39, 0.29) is 274 Å². The van der Waals surface area contributed by atoms with Gasteiger partial charge < -0.3 is 171 Å². The first kappa shape index (κ1) is 120. The van der Waals surface area contributed by atoms with Crippen LogP contribution in [0.15, 0.2) is 0 Å². The highest BCUT2D eigenvalue weighted by atomic mass is 16.4. The lowest BCUT2D eigenvalue weighted by atomic mass is 9.96. The summed E-state index contributed by atoms with van der Waals surface area (Å²) in [6, 6.07) is -21.0. The Balaban J connectivity index is 1.19. The second kappa shape index (κ2) is 60.4. The Morgan fingerprint density at radius 2 is 0.552 bits per heavy atom. The zero-order valence-corrected chi connectivity index (χ0v) is 83.4. The summed E-state index contributed by atoms with van der Waals surface area (Å²) in [6.45, 7) is 7.72. The third-order valence-corrected chi connectivity index (χ3v) is 26.4. The third kappa shape index (κ3) is 38.8. The minimum Gasteiger partial charge on any atom is -0.481 e. The molecule has 812 valence electrons. The third-order valence-electron chi connectivity index (χ3n) is 26.4. The molecule has 6 aliphatic heterocycles. The Morgan fingerprint density at radius 1 is 0.303 bits per heavy atom. The molecular formula is C89H157N37O19. The summed E-state index contributed by atoms with van der Waals surface area (Å²) < 4.78 is 0. The molecule has 0 aromatic carbocycles. The quantitative estimate of drug-likeness (QED) is 0.0153.